The lowest BCUT2D eigenvalue weighted by atomic mass is 10.0. The Kier molecular flexibility index (Phi) is 1.91. The number of hydrogen-bond donors (Lipinski definition) is 1. The largest absolute Gasteiger partial charge is 0.381 e. The second kappa shape index (κ2) is 3.06. The van der Waals surface area contributed by atoms with Crippen molar-refractivity contribution in [3.05, 3.63) is 18.2 Å². The fourth-order valence-corrected chi connectivity index (χ4v) is 1.33. The molecule has 1 aliphatic heterocycles. The van der Waals surface area contributed by atoms with E-state index in [1.54, 1.807) is 12.4 Å². The molecule has 0 spiro atoms. The number of rotatable bonds is 2. The number of imidazole rings is 1. The van der Waals surface area contributed by atoms with Crippen molar-refractivity contribution in [3.8, 4) is 0 Å². The van der Waals surface area contributed by atoms with Crippen LogP contribution in [0.25, 0.3) is 0 Å². The summed E-state index contributed by atoms with van der Waals surface area (Å²) < 4.78 is 5.11. The third-order valence-electron chi connectivity index (χ3n) is 2.03. The molecular weight excluding hydrogens is 156 g/mol. The lowest BCUT2D eigenvalue weighted by Gasteiger charge is -2.01. The Balaban J connectivity index is 2.09. The monoisotopic (exact) mass is 166 g/mol. The molecule has 4 heteroatoms. The van der Waals surface area contributed by atoms with Gasteiger partial charge >= 0.3 is 0 Å². The number of aromatic nitrogens is 2. The first-order valence-electron chi connectivity index (χ1n) is 3.99. The van der Waals surface area contributed by atoms with Crippen molar-refractivity contribution in [2.75, 3.05) is 13.2 Å². The minimum Gasteiger partial charge on any atom is -0.381 e. The Morgan fingerprint density at radius 3 is 3.25 bits per heavy atom. The summed E-state index contributed by atoms with van der Waals surface area (Å²) >= 11 is 0. The van der Waals surface area contributed by atoms with E-state index in [1.807, 2.05) is 0 Å². The molecule has 0 bridgehead atoms. The summed E-state index contributed by atoms with van der Waals surface area (Å²) in [5, 5.41) is 0. The smallest absolute Gasteiger partial charge is 0.203 e. The van der Waals surface area contributed by atoms with Crippen LogP contribution in [-0.2, 0) is 4.74 Å². The van der Waals surface area contributed by atoms with Crippen LogP contribution in [0.15, 0.2) is 12.4 Å². The van der Waals surface area contributed by atoms with Crippen molar-refractivity contribution < 1.29 is 9.53 Å². The van der Waals surface area contributed by atoms with Crippen molar-refractivity contribution in [1.82, 2.24) is 9.97 Å². The third kappa shape index (κ3) is 1.25. The van der Waals surface area contributed by atoms with Gasteiger partial charge in [0.15, 0.2) is 5.82 Å². The average molecular weight is 166 g/mol. The summed E-state index contributed by atoms with van der Waals surface area (Å²) in [5.74, 6) is 0.527. The highest BCUT2D eigenvalue weighted by Crippen LogP contribution is 2.15. The van der Waals surface area contributed by atoms with Crippen LogP contribution < -0.4 is 0 Å². The first kappa shape index (κ1) is 7.49. The van der Waals surface area contributed by atoms with Crippen LogP contribution in [0.3, 0.4) is 0 Å². The van der Waals surface area contributed by atoms with Crippen LogP contribution in [0, 0.1) is 5.92 Å². The van der Waals surface area contributed by atoms with Gasteiger partial charge < -0.3 is 9.72 Å². The van der Waals surface area contributed by atoms with Gasteiger partial charge in [-0.2, -0.15) is 0 Å². The first-order valence-corrected chi connectivity index (χ1v) is 3.99. The summed E-state index contributed by atoms with van der Waals surface area (Å²) in [6, 6.07) is 0. The van der Waals surface area contributed by atoms with Gasteiger partial charge in [-0.1, -0.05) is 0 Å². The number of ketones is 1. The standard InChI is InChI=1S/C8H10N2O2/c11-7(6-1-4-12-5-6)8-9-2-3-10-8/h2-3,6H,1,4-5H2,(H,9,10). The molecule has 2 rings (SSSR count). The summed E-state index contributed by atoms with van der Waals surface area (Å²) in [6.45, 7) is 1.23. The van der Waals surface area contributed by atoms with E-state index in [4.69, 9.17) is 4.74 Å². The van der Waals surface area contributed by atoms with E-state index in [-0.39, 0.29) is 11.7 Å². The highest BCUT2D eigenvalue weighted by molar-refractivity contribution is 5.94. The highest BCUT2D eigenvalue weighted by Gasteiger charge is 2.25. The van der Waals surface area contributed by atoms with E-state index in [0.717, 1.165) is 6.42 Å². The lowest BCUT2D eigenvalue weighted by molar-refractivity contribution is 0.0890. The van der Waals surface area contributed by atoms with Gasteiger partial charge in [-0.25, -0.2) is 4.98 Å². The number of aromatic amines is 1. The Hall–Kier alpha value is -1.16. The molecule has 1 aromatic heterocycles. The summed E-state index contributed by atoms with van der Waals surface area (Å²) in [5.41, 5.74) is 0. The van der Waals surface area contributed by atoms with Gasteiger partial charge in [-0.15, -0.1) is 0 Å². The molecule has 1 saturated heterocycles. The zero-order valence-corrected chi connectivity index (χ0v) is 6.62. The number of carbonyl (C=O) groups is 1. The average Bonchev–Trinajstić information content (AvgIpc) is 2.77. The van der Waals surface area contributed by atoms with E-state index in [2.05, 4.69) is 9.97 Å². The second-order valence-corrected chi connectivity index (χ2v) is 2.86. The topological polar surface area (TPSA) is 55.0 Å². The van der Waals surface area contributed by atoms with Crippen molar-refractivity contribution in [3.63, 3.8) is 0 Å². The van der Waals surface area contributed by atoms with Gasteiger partial charge in [0.05, 0.1) is 12.5 Å². The number of nitrogens with one attached hydrogen (secondary N) is 1. The van der Waals surface area contributed by atoms with E-state index in [1.165, 1.54) is 0 Å². The maximum Gasteiger partial charge on any atom is 0.203 e. The number of ether oxygens (including phenoxy) is 1. The quantitative estimate of drug-likeness (QED) is 0.655. The zero-order valence-electron chi connectivity index (χ0n) is 6.62. The van der Waals surface area contributed by atoms with Gasteiger partial charge in [-0.3, -0.25) is 4.79 Å². The van der Waals surface area contributed by atoms with Gasteiger partial charge in [-0.05, 0) is 6.42 Å². The number of hydrogen-bond acceptors (Lipinski definition) is 3. The molecule has 64 valence electrons. The number of H-pyrrole nitrogens is 1. The highest BCUT2D eigenvalue weighted by atomic mass is 16.5. The minimum absolute atomic E-state index is 0.0103. The number of carbonyl (C=O) groups excluding carboxylic acids is 1. The van der Waals surface area contributed by atoms with Crippen LogP contribution in [0.5, 0.6) is 0 Å². The zero-order chi connectivity index (χ0) is 8.39. The van der Waals surface area contributed by atoms with E-state index in [9.17, 15) is 4.79 Å². The molecule has 4 nitrogen and oxygen atoms in total. The molecule has 0 aromatic carbocycles. The third-order valence-corrected chi connectivity index (χ3v) is 2.03. The van der Waals surface area contributed by atoms with Gasteiger partial charge in [0.2, 0.25) is 5.78 Å². The molecule has 0 saturated carbocycles. The Morgan fingerprint density at radius 1 is 1.75 bits per heavy atom. The Bertz CT molecular complexity index is 263. The molecular formula is C8H10N2O2. The van der Waals surface area contributed by atoms with Gasteiger partial charge in [0, 0.05) is 19.0 Å². The fourth-order valence-electron chi connectivity index (χ4n) is 1.33. The molecule has 0 aliphatic carbocycles. The molecule has 1 aliphatic rings. The normalized spacial score (nSPS) is 22.8. The Morgan fingerprint density at radius 2 is 2.67 bits per heavy atom. The maximum atomic E-state index is 11.5. The second-order valence-electron chi connectivity index (χ2n) is 2.86. The predicted octanol–water partition coefficient (Wildman–Crippen LogP) is 0.629. The molecule has 1 fully saturated rings. The molecule has 12 heavy (non-hydrogen) atoms. The Labute approximate surface area is 70.0 Å². The van der Waals surface area contributed by atoms with E-state index >= 15 is 0 Å². The molecule has 1 atom stereocenters. The fraction of sp³-hybridized carbons (Fsp3) is 0.500. The van der Waals surface area contributed by atoms with Crippen molar-refractivity contribution >= 4 is 5.78 Å². The van der Waals surface area contributed by atoms with Crippen LogP contribution in [-0.4, -0.2) is 29.0 Å². The summed E-state index contributed by atoms with van der Waals surface area (Å²) in [4.78, 5) is 18.2. The van der Waals surface area contributed by atoms with Crippen molar-refractivity contribution in [2.24, 2.45) is 5.92 Å². The summed E-state index contributed by atoms with van der Waals surface area (Å²) in [7, 11) is 0. The minimum atomic E-state index is 0.0103. The van der Waals surface area contributed by atoms with Gasteiger partial charge in [0.1, 0.15) is 0 Å². The molecule has 2 heterocycles. The molecule has 1 N–H and O–H groups in total. The summed E-state index contributed by atoms with van der Waals surface area (Å²) in [6.07, 6.45) is 4.06. The van der Waals surface area contributed by atoms with E-state index < -0.39 is 0 Å². The number of nitrogens with zero attached hydrogens (tertiary/aromatic N) is 1. The lowest BCUT2D eigenvalue weighted by Crippen LogP contribution is -2.15. The van der Waals surface area contributed by atoms with Crippen LogP contribution >= 0.6 is 0 Å². The van der Waals surface area contributed by atoms with Gasteiger partial charge in [0.25, 0.3) is 0 Å². The predicted molar refractivity (Wildman–Crippen MR) is 41.8 cm³/mol. The van der Waals surface area contributed by atoms with Crippen LogP contribution in [0.2, 0.25) is 0 Å². The molecule has 1 unspecified atom stereocenters. The SMILES string of the molecule is O=C(c1ncc[nH]1)C1CCOC1. The van der Waals surface area contributed by atoms with Crippen LogP contribution in [0.1, 0.15) is 17.0 Å². The number of Topliss-reactive ketones (excluding diaryl/α,β-unsaturated/α-hetero) is 1. The van der Waals surface area contributed by atoms with Crippen molar-refractivity contribution in [1.29, 1.82) is 0 Å². The maximum absolute atomic E-state index is 11.5. The molecule has 0 amide bonds. The van der Waals surface area contributed by atoms with Crippen LogP contribution in [0.4, 0.5) is 0 Å². The molecule has 0 radical (unpaired) electrons. The molecule has 1 aromatic rings. The van der Waals surface area contributed by atoms with Crippen molar-refractivity contribution in [2.45, 2.75) is 6.42 Å². The van der Waals surface area contributed by atoms with E-state index in [0.29, 0.717) is 19.0 Å². The first-order chi connectivity index (χ1) is 5.88.